The van der Waals surface area contributed by atoms with E-state index in [2.05, 4.69) is 10.6 Å². The highest BCUT2D eigenvalue weighted by Crippen LogP contribution is 2.22. The van der Waals surface area contributed by atoms with Crippen LogP contribution in [-0.2, 0) is 23.9 Å². The van der Waals surface area contributed by atoms with E-state index in [9.17, 15) is 19.2 Å². The van der Waals surface area contributed by atoms with Gasteiger partial charge in [-0.3, -0.25) is 14.4 Å². The molecule has 0 aliphatic carbocycles. The van der Waals surface area contributed by atoms with E-state index in [1.807, 2.05) is 0 Å². The number of alkyl carbamates (subject to hydrolysis) is 1. The number of benzene rings is 1. The van der Waals surface area contributed by atoms with Gasteiger partial charge in [-0.25, -0.2) is 4.79 Å². The number of hydrogen-bond donors (Lipinski definition) is 2. The lowest BCUT2D eigenvalue weighted by Crippen LogP contribution is -2.34. The zero-order valence-corrected chi connectivity index (χ0v) is 16.9. The summed E-state index contributed by atoms with van der Waals surface area (Å²) in [6.07, 6.45) is 0.695. The second kappa shape index (κ2) is 9.90. The Balaban J connectivity index is 1.66. The number of nitrogens with zero attached hydrogens (tertiary/aromatic N) is 1. The molecule has 2 rings (SSSR count). The van der Waals surface area contributed by atoms with Crippen molar-refractivity contribution in [1.29, 1.82) is 0 Å². The predicted octanol–water partition coefficient (Wildman–Crippen LogP) is 2.21. The first kappa shape index (κ1) is 22.2. The fourth-order valence-corrected chi connectivity index (χ4v) is 2.64. The number of hydrogen-bond acceptors (Lipinski definition) is 6. The maximum absolute atomic E-state index is 11.9. The van der Waals surface area contributed by atoms with E-state index in [1.54, 1.807) is 49.9 Å². The second-order valence-corrected chi connectivity index (χ2v) is 7.58. The molecule has 1 saturated heterocycles. The average molecular weight is 405 g/mol. The maximum atomic E-state index is 11.9. The van der Waals surface area contributed by atoms with Gasteiger partial charge in [0.25, 0.3) is 5.91 Å². The summed E-state index contributed by atoms with van der Waals surface area (Å²) in [6.45, 7) is 5.52. The first-order chi connectivity index (χ1) is 13.6. The van der Waals surface area contributed by atoms with Crippen molar-refractivity contribution in [1.82, 2.24) is 5.32 Å². The molecule has 0 radical (unpaired) electrons. The smallest absolute Gasteiger partial charge is 0.407 e. The Labute approximate surface area is 169 Å². The van der Waals surface area contributed by atoms with E-state index in [-0.39, 0.29) is 18.9 Å². The molecule has 2 N–H and O–H groups in total. The van der Waals surface area contributed by atoms with Gasteiger partial charge in [0, 0.05) is 30.9 Å². The van der Waals surface area contributed by atoms with Crippen LogP contribution in [0.15, 0.2) is 24.3 Å². The molecule has 1 aliphatic heterocycles. The monoisotopic (exact) mass is 405 g/mol. The molecule has 0 saturated carbocycles. The van der Waals surface area contributed by atoms with Gasteiger partial charge in [0.15, 0.2) is 6.61 Å². The number of anilines is 2. The molecule has 0 atom stereocenters. The topological polar surface area (TPSA) is 114 Å². The van der Waals surface area contributed by atoms with Crippen LogP contribution in [0, 0.1) is 0 Å². The lowest BCUT2D eigenvalue weighted by molar-refractivity contribution is -0.147. The third-order valence-electron chi connectivity index (χ3n) is 3.90. The highest BCUT2D eigenvalue weighted by Gasteiger charge is 2.21. The zero-order chi connectivity index (χ0) is 21.4. The summed E-state index contributed by atoms with van der Waals surface area (Å²) in [5.74, 6) is -1.00. The highest BCUT2D eigenvalue weighted by atomic mass is 16.6. The molecule has 0 bridgehead atoms. The molecule has 3 amide bonds. The van der Waals surface area contributed by atoms with Crippen LogP contribution in [-0.4, -0.2) is 49.2 Å². The highest BCUT2D eigenvalue weighted by molar-refractivity contribution is 5.96. The molecule has 1 aliphatic rings. The third-order valence-corrected chi connectivity index (χ3v) is 3.90. The Morgan fingerprint density at radius 2 is 1.83 bits per heavy atom. The van der Waals surface area contributed by atoms with Crippen LogP contribution in [0.4, 0.5) is 16.2 Å². The van der Waals surface area contributed by atoms with Crippen molar-refractivity contribution in [3.8, 4) is 0 Å². The summed E-state index contributed by atoms with van der Waals surface area (Å²) in [5.41, 5.74) is 0.702. The standard InChI is InChI=1S/C20H27N3O6/c1-20(2,3)29-19(27)21-11-10-18(26)28-13-16(24)22-14-6-8-15(9-7-14)23-12-4-5-17(23)25/h6-9H,4-5,10-13H2,1-3H3,(H,21,27)(H,22,24). The summed E-state index contributed by atoms with van der Waals surface area (Å²) in [5, 5.41) is 5.06. The van der Waals surface area contributed by atoms with Crippen molar-refractivity contribution >= 4 is 35.3 Å². The van der Waals surface area contributed by atoms with Crippen LogP contribution in [0.1, 0.15) is 40.0 Å². The van der Waals surface area contributed by atoms with Crippen LogP contribution in [0.3, 0.4) is 0 Å². The Kier molecular flexibility index (Phi) is 7.58. The molecule has 1 aromatic rings. The molecule has 9 heteroatoms. The molecule has 1 fully saturated rings. The van der Waals surface area contributed by atoms with Crippen molar-refractivity contribution in [2.24, 2.45) is 0 Å². The minimum Gasteiger partial charge on any atom is -0.456 e. The van der Waals surface area contributed by atoms with E-state index in [4.69, 9.17) is 9.47 Å². The second-order valence-electron chi connectivity index (χ2n) is 7.58. The molecule has 29 heavy (non-hydrogen) atoms. The van der Waals surface area contributed by atoms with Gasteiger partial charge >= 0.3 is 12.1 Å². The average Bonchev–Trinajstić information content (AvgIpc) is 3.05. The van der Waals surface area contributed by atoms with Gasteiger partial charge in [-0.2, -0.15) is 0 Å². The maximum Gasteiger partial charge on any atom is 0.407 e. The van der Waals surface area contributed by atoms with Crippen molar-refractivity contribution in [3.05, 3.63) is 24.3 Å². The van der Waals surface area contributed by atoms with Gasteiger partial charge in [0.2, 0.25) is 5.91 Å². The fraction of sp³-hybridized carbons (Fsp3) is 0.500. The summed E-state index contributed by atoms with van der Waals surface area (Å²) < 4.78 is 9.92. The van der Waals surface area contributed by atoms with Crippen molar-refractivity contribution in [3.63, 3.8) is 0 Å². The van der Waals surface area contributed by atoms with Gasteiger partial charge in [0.1, 0.15) is 5.60 Å². The van der Waals surface area contributed by atoms with Crippen LogP contribution in [0.25, 0.3) is 0 Å². The summed E-state index contributed by atoms with van der Waals surface area (Å²) in [7, 11) is 0. The molecular formula is C20H27N3O6. The number of carbonyl (C=O) groups is 4. The Bertz CT molecular complexity index is 754. The molecule has 0 spiro atoms. The number of carbonyl (C=O) groups excluding carboxylic acids is 4. The number of rotatable bonds is 7. The lowest BCUT2D eigenvalue weighted by atomic mass is 10.2. The minimum atomic E-state index is -0.623. The van der Waals surface area contributed by atoms with Gasteiger partial charge in [-0.1, -0.05) is 0 Å². The Morgan fingerprint density at radius 3 is 2.41 bits per heavy atom. The van der Waals surface area contributed by atoms with Gasteiger partial charge in [0.05, 0.1) is 6.42 Å². The van der Waals surface area contributed by atoms with E-state index < -0.39 is 30.2 Å². The molecular weight excluding hydrogens is 378 g/mol. The number of nitrogens with one attached hydrogen (secondary N) is 2. The van der Waals surface area contributed by atoms with E-state index in [1.165, 1.54) is 0 Å². The predicted molar refractivity (Wildman–Crippen MR) is 106 cm³/mol. The lowest BCUT2D eigenvalue weighted by Gasteiger charge is -2.19. The largest absolute Gasteiger partial charge is 0.456 e. The van der Waals surface area contributed by atoms with Crippen LogP contribution < -0.4 is 15.5 Å². The molecule has 0 aromatic heterocycles. The fourth-order valence-electron chi connectivity index (χ4n) is 2.64. The first-order valence-corrected chi connectivity index (χ1v) is 9.47. The Morgan fingerprint density at radius 1 is 1.14 bits per heavy atom. The molecule has 1 aromatic carbocycles. The van der Waals surface area contributed by atoms with Crippen LogP contribution in [0.2, 0.25) is 0 Å². The van der Waals surface area contributed by atoms with Crippen molar-refractivity contribution < 1.29 is 28.7 Å². The molecule has 0 unspecified atom stereocenters. The van der Waals surface area contributed by atoms with Crippen molar-refractivity contribution in [2.75, 3.05) is 29.9 Å². The van der Waals surface area contributed by atoms with Crippen LogP contribution in [0.5, 0.6) is 0 Å². The van der Waals surface area contributed by atoms with Gasteiger partial charge < -0.3 is 25.0 Å². The van der Waals surface area contributed by atoms with Crippen LogP contribution >= 0.6 is 0 Å². The van der Waals surface area contributed by atoms with E-state index in [0.717, 1.165) is 12.1 Å². The summed E-state index contributed by atoms with van der Waals surface area (Å²) in [4.78, 5) is 48.5. The summed E-state index contributed by atoms with van der Waals surface area (Å²) in [6, 6.07) is 6.89. The number of amides is 3. The van der Waals surface area contributed by atoms with Crippen molar-refractivity contribution in [2.45, 2.75) is 45.6 Å². The zero-order valence-electron chi connectivity index (χ0n) is 16.9. The first-order valence-electron chi connectivity index (χ1n) is 9.47. The van der Waals surface area contributed by atoms with E-state index in [0.29, 0.717) is 18.7 Å². The summed E-state index contributed by atoms with van der Waals surface area (Å²) >= 11 is 0. The third kappa shape index (κ3) is 7.81. The normalized spacial score (nSPS) is 13.8. The number of esters is 1. The van der Waals surface area contributed by atoms with Gasteiger partial charge in [-0.05, 0) is 51.5 Å². The van der Waals surface area contributed by atoms with Gasteiger partial charge in [-0.15, -0.1) is 0 Å². The molecule has 9 nitrogen and oxygen atoms in total. The number of ether oxygens (including phenoxy) is 2. The van der Waals surface area contributed by atoms with E-state index >= 15 is 0 Å². The SMILES string of the molecule is CC(C)(C)OC(=O)NCCC(=O)OCC(=O)Nc1ccc(N2CCCC2=O)cc1. The molecule has 158 valence electrons. The quantitative estimate of drug-likeness (QED) is 0.673. The minimum absolute atomic E-state index is 0.0477. The Hall–Kier alpha value is -3.10. The molecule has 1 heterocycles.